The molecule has 1 amide bonds. The Kier molecular flexibility index (Phi) is 6.18. The van der Waals surface area contributed by atoms with E-state index in [4.69, 9.17) is 0 Å². The van der Waals surface area contributed by atoms with Crippen molar-refractivity contribution in [3.05, 3.63) is 36.2 Å². The lowest BCUT2D eigenvalue weighted by Crippen LogP contribution is -2.49. The van der Waals surface area contributed by atoms with E-state index in [1.165, 1.54) is 22.3 Å². The molecule has 27 heavy (non-hydrogen) atoms. The standard InChI is InChI=1S/C17H23N5O3S2/c1-13-5-7-15(8-6-13)22-12-18-20-17(22)26-11-16(23)19-14-4-3-9-21(10-14)27(2,24)25/h5-8,12,14H,3-4,9-11H2,1-2H3,(H,19,23). The van der Waals surface area contributed by atoms with Gasteiger partial charge in [0.1, 0.15) is 6.33 Å². The third-order valence-electron chi connectivity index (χ3n) is 4.38. The van der Waals surface area contributed by atoms with E-state index < -0.39 is 10.0 Å². The number of benzene rings is 1. The summed E-state index contributed by atoms with van der Waals surface area (Å²) in [6, 6.07) is 7.81. The average Bonchev–Trinajstić information content (AvgIpc) is 3.09. The minimum Gasteiger partial charge on any atom is -0.351 e. The Morgan fingerprint density at radius 3 is 2.78 bits per heavy atom. The summed E-state index contributed by atoms with van der Waals surface area (Å²) in [5.74, 6) is 0.0544. The van der Waals surface area contributed by atoms with Crippen LogP contribution in [-0.2, 0) is 14.8 Å². The normalized spacial score (nSPS) is 18.4. The van der Waals surface area contributed by atoms with Crippen molar-refractivity contribution in [3.8, 4) is 5.69 Å². The number of aryl methyl sites for hydroxylation is 1. The van der Waals surface area contributed by atoms with Crippen molar-refractivity contribution in [2.24, 2.45) is 0 Å². The molecule has 1 saturated heterocycles. The molecule has 0 spiro atoms. The number of carbonyl (C=O) groups excluding carboxylic acids is 1. The topological polar surface area (TPSA) is 97.2 Å². The summed E-state index contributed by atoms with van der Waals surface area (Å²) in [5, 5.41) is 11.6. The van der Waals surface area contributed by atoms with Gasteiger partial charge in [0.2, 0.25) is 15.9 Å². The molecule has 10 heteroatoms. The first kappa shape index (κ1) is 19.8. The third-order valence-corrected chi connectivity index (χ3v) is 6.59. The number of sulfonamides is 1. The van der Waals surface area contributed by atoms with Crippen LogP contribution in [0, 0.1) is 6.92 Å². The van der Waals surface area contributed by atoms with Gasteiger partial charge in [-0.2, -0.15) is 0 Å². The number of rotatable bonds is 6. The molecule has 1 atom stereocenters. The molecule has 1 aliphatic heterocycles. The first-order chi connectivity index (χ1) is 12.8. The molecule has 1 fully saturated rings. The largest absolute Gasteiger partial charge is 0.351 e. The number of amides is 1. The summed E-state index contributed by atoms with van der Waals surface area (Å²) < 4.78 is 26.6. The first-order valence-electron chi connectivity index (χ1n) is 8.67. The highest BCUT2D eigenvalue weighted by atomic mass is 32.2. The number of piperidine rings is 1. The lowest BCUT2D eigenvalue weighted by Gasteiger charge is -2.31. The van der Waals surface area contributed by atoms with Gasteiger partial charge in [-0.15, -0.1) is 10.2 Å². The van der Waals surface area contributed by atoms with Crippen molar-refractivity contribution in [2.45, 2.75) is 31.0 Å². The smallest absolute Gasteiger partial charge is 0.230 e. The minimum atomic E-state index is -3.23. The van der Waals surface area contributed by atoms with E-state index in [1.807, 2.05) is 35.8 Å². The molecule has 2 heterocycles. The van der Waals surface area contributed by atoms with E-state index in [2.05, 4.69) is 15.5 Å². The highest BCUT2D eigenvalue weighted by Gasteiger charge is 2.26. The highest BCUT2D eigenvalue weighted by Crippen LogP contribution is 2.20. The predicted molar refractivity (Wildman–Crippen MR) is 104 cm³/mol. The molecule has 1 aromatic heterocycles. The number of hydrogen-bond acceptors (Lipinski definition) is 6. The molecule has 146 valence electrons. The fourth-order valence-electron chi connectivity index (χ4n) is 2.97. The second-order valence-corrected chi connectivity index (χ2v) is 9.56. The molecule has 3 rings (SSSR count). The van der Waals surface area contributed by atoms with Gasteiger partial charge in [-0.05, 0) is 31.9 Å². The quantitative estimate of drug-likeness (QED) is 0.720. The van der Waals surface area contributed by atoms with Crippen LogP contribution in [0.15, 0.2) is 35.7 Å². The van der Waals surface area contributed by atoms with Crippen LogP contribution in [0.5, 0.6) is 0 Å². The van der Waals surface area contributed by atoms with Crippen LogP contribution < -0.4 is 5.32 Å². The van der Waals surface area contributed by atoms with E-state index in [-0.39, 0.29) is 17.7 Å². The average molecular weight is 410 g/mol. The van der Waals surface area contributed by atoms with Crippen molar-refractivity contribution in [1.29, 1.82) is 0 Å². The van der Waals surface area contributed by atoms with Crippen molar-refractivity contribution >= 4 is 27.7 Å². The van der Waals surface area contributed by atoms with Crippen LogP contribution in [0.4, 0.5) is 0 Å². The molecule has 8 nitrogen and oxygen atoms in total. The Morgan fingerprint density at radius 1 is 1.33 bits per heavy atom. The molecule has 0 aliphatic carbocycles. The molecule has 1 N–H and O–H groups in total. The Labute approximate surface area is 163 Å². The summed E-state index contributed by atoms with van der Waals surface area (Å²) in [6.07, 6.45) is 4.34. The van der Waals surface area contributed by atoms with Gasteiger partial charge in [-0.1, -0.05) is 29.5 Å². The van der Waals surface area contributed by atoms with Crippen LogP contribution in [0.3, 0.4) is 0 Å². The van der Waals surface area contributed by atoms with Gasteiger partial charge < -0.3 is 5.32 Å². The Morgan fingerprint density at radius 2 is 2.07 bits per heavy atom. The number of nitrogens with one attached hydrogen (secondary N) is 1. The van der Waals surface area contributed by atoms with Gasteiger partial charge in [0.05, 0.1) is 12.0 Å². The maximum atomic E-state index is 12.3. The second-order valence-electron chi connectivity index (χ2n) is 6.64. The number of nitrogens with zero attached hydrogens (tertiary/aromatic N) is 4. The Hall–Kier alpha value is -1.91. The third kappa shape index (κ3) is 5.30. The number of aromatic nitrogens is 3. The maximum absolute atomic E-state index is 12.3. The zero-order valence-corrected chi connectivity index (χ0v) is 17.0. The lowest BCUT2D eigenvalue weighted by molar-refractivity contribution is -0.119. The fraction of sp³-hybridized carbons (Fsp3) is 0.471. The molecular formula is C17H23N5O3S2. The van der Waals surface area contributed by atoms with E-state index in [0.29, 0.717) is 18.2 Å². The van der Waals surface area contributed by atoms with Crippen LogP contribution in [-0.4, -0.2) is 64.5 Å². The van der Waals surface area contributed by atoms with E-state index >= 15 is 0 Å². The molecule has 1 aromatic carbocycles. The molecule has 1 aliphatic rings. The van der Waals surface area contributed by atoms with E-state index in [1.54, 1.807) is 6.33 Å². The summed E-state index contributed by atoms with van der Waals surface area (Å²) in [5.41, 5.74) is 2.10. The van der Waals surface area contributed by atoms with E-state index in [0.717, 1.165) is 24.1 Å². The van der Waals surface area contributed by atoms with Crippen molar-refractivity contribution < 1.29 is 13.2 Å². The first-order valence-corrected chi connectivity index (χ1v) is 11.5. The van der Waals surface area contributed by atoms with Crippen molar-refractivity contribution in [1.82, 2.24) is 24.4 Å². The maximum Gasteiger partial charge on any atom is 0.230 e. The van der Waals surface area contributed by atoms with Gasteiger partial charge in [0.25, 0.3) is 0 Å². The SMILES string of the molecule is Cc1ccc(-n2cnnc2SCC(=O)NC2CCCN(S(C)(=O)=O)C2)cc1. The predicted octanol–water partition coefficient (Wildman–Crippen LogP) is 1.21. The zero-order chi connectivity index (χ0) is 19.4. The van der Waals surface area contributed by atoms with Gasteiger partial charge in [0, 0.05) is 24.8 Å². The summed E-state index contributed by atoms with van der Waals surface area (Å²) >= 11 is 1.30. The Bertz CT molecular complexity index is 896. The number of hydrogen-bond donors (Lipinski definition) is 1. The van der Waals surface area contributed by atoms with Crippen molar-refractivity contribution in [2.75, 3.05) is 25.1 Å². The molecule has 2 aromatic rings. The van der Waals surface area contributed by atoms with Gasteiger partial charge in [-0.25, -0.2) is 12.7 Å². The van der Waals surface area contributed by atoms with Crippen molar-refractivity contribution in [3.63, 3.8) is 0 Å². The van der Waals surface area contributed by atoms with E-state index in [9.17, 15) is 13.2 Å². The molecule has 1 unspecified atom stereocenters. The van der Waals surface area contributed by atoms with Crippen LogP contribution in [0.1, 0.15) is 18.4 Å². The minimum absolute atomic E-state index is 0.140. The molecule has 0 radical (unpaired) electrons. The zero-order valence-electron chi connectivity index (χ0n) is 15.3. The summed E-state index contributed by atoms with van der Waals surface area (Å²) in [4.78, 5) is 12.3. The lowest BCUT2D eigenvalue weighted by atomic mass is 10.1. The summed E-state index contributed by atoms with van der Waals surface area (Å²) in [7, 11) is -3.23. The number of carbonyl (C=O) groups is 1. The highest BCUT2D eigenvalue weighted by molar-refractivity contribution is 7.99. The second kappa shape index (κ2) is 8.41. The van der Waals surface area contributed by atoms with Gasteiger partial charge >= 0.3 is 0 Å². The molecular weight excluding hydrogens is 386 g/mol. The van der Waals surface area contributed by atoms with Gasteiger partial charge in [-0.3, -0.25) is 9.36 Å². The van der Waals surface area contributed by atoms with Gasteiger partial charge in [0.15, 0.2) is 5.16 Å². The van der Waals surface area contributed by atoms with Crippen LogP contribution in [0.25, 0.3) is 5.69 Å². The monoisotopic (exact) mass is 409 g/mol. The fourth-order valence-corrected chi connectivity index (χ4v) is 4.62. The van der Waals surface area contributed by atoms with Crippen LogP contribution in [0.2, 0.25) is 0 Å². The van der Waals surface area contributed by atoms with Crippen LogP contribution >= 0.6 is 11.8 Å². The molecule has 0 bridgehead atoms. The Balaban J connectivity index is 1.56. The number of thioether (sulfide) groups is 1. The summed E-state index contributed by atoms with van der Waals surface area (Å²) in [6.45, 7) is 2.86. The molecule has 0 saturated carbocycles.